The highest BCUT2D eigenvalue weighted by atomic mass is 16.5. The topological polar surface area (TPSA) is 140 Å². The summed E-state index contributed by atoms with van der Waals surface area (Å²) in [6, 6.07) is 14.5. The van der Waals surface area contributed by atoms with E-state index in [-0.39, 0.29) is 37.4 Å². The fourth-order valence-corrected chi connectivity index (χ4v) is 3.42. The van der Waals surface area contributed by atoms with Gasteiger partial charge in [-0.2, -0.15) is 4.99 Å². The third kappa shape index (κ3) is 6.07. The number of aliphatic imine (C=N–C) groups is 1. The fraction of sp³-hybridized carbons (Fsp3) is 0.304. The van der Waals surface area contributed by atoms with Crippen molar-refractivity contribution in [2.75, 3.05) is 13.2 Å². The monoisotopic (exact) mass is 439 g/mol. The van der Waals surface area contributed by atoms with Crippen LogP contribution < -0.4 is 15.8 Å². The third-order valence-electron chi connectivity index (χ3n) is 5.01. The highest BCUT2D eigenvalue weighted by Gasteiger charge is 2.33. The van der Waals surface area contributed by atoms with E-state index in [1.54, 1.807) is 19.1 Å². The number of hydrogen-bond donors (Lipinski definition) is 3. The Morgan fingerprint density at radius 1 is 1.12 bits per heavy atom. The van der Waals surface area contributed by atoms with Gasteiger partial charge < -0.3 is 25.6 Å². The van der Waals surface area contributed by atoms with Crippen LogP contribution in [0.1, 0.15) is 25.3 Å². The number of amides is 2. The lowest BCUT2D eigenvalue weighted by molar-refractivity contribution is -0.140. The molecule has 1 heterocycles. The predicted molar refractivity (Wildman–Crippen MR) is 117 cm³/mol. The number of benzene rings is 2. The van der Waals surface area contributed by atoms with E-state index >= 15 is 0 Å². The van der Waals surface area contributed by atoms with Gasteiger partial charge in [-0.15, -0.1) is 0 Å². The first-order valence-corrected chi connectivity index (χ1v) is 10.2. The van der Waals surface area contributed by atoms with Gasteiger partial charge in [-0.3, -0.25) is 9.59 Å². The normalized spacial score (nSPS) is 18.2. The average molecular weight is 439 g/mol. The van der Waals surface area contributed by atoms with E-state index in [4.69, 9.17) is 20.3 Å². The molecular formula is C23H25N3O6. The molecule has 2 amide bonds. The Balaban J connectivity index is 1.56. The molecule has 3 rings (SSSR count). The molecule has 2 aromatic rings. The molecule has 32 heavy (non-hydrogen) atoms. The largest absolute Gasteiger partial charge is 0.491 e. The summed E-state index contributed by atoms with van der Waals surface area (Å²) in [6.07, 6.45) is -0.451. The first-order chi connectivity index (χ1) is 15.4. The van der Waals surface area contributed by atoms with Crippen LogP contribution in [0.15, 0.2) is 53.5 Å². The maximum absolute atomic E-state index is 11.8. The standard InChI is InChI=1S/C23H25N3O6/c1-2-31-23(30)26-21(24)16-5-3-14(4-6-16)15-7-9-19(10-8-15)32-13-18-11-17(12-20(27)28)22(29)25-18/h3-10,17-18H,2,11-13H2,1H3,(H,25,29)(H,27,28)(H2,24,26,30)/t17-,18-/m0/s1. The lowest BCUT2D eigenvalue weighted by atomic mass is 10.0. The predicted octanol–water partition coefficient (Wildman–Crippen LogP) is 2.57. The Morgan fingerprint density at radius 3 is 2.34 bits per heavy atom. The van der Waals surface area contributed by atoms with Gasteiger partial charge in [0.2, 0.25) is 5.91 Å². The van der Waals surface area contributed by atoms with E-state index in [9.17, 15) is 14.4 Å². The van der Waals surface area contributed by atoms with Gasteiger partial charge in [-0.05, 0) is 36.6 Å². The summed E-state index contributed by atoms with van der Waals surface area (Å²) in [7, 11) is 0. The second-order valence-corrected chi connectivity index (χ2v) is 7.34. The molecule has 9 heteroatoms. The van der Waals surface area contributed by atoms with Crippen molar-refractivity contribution in [3.8, 4) is 16.9 Å². The zero-order chi connectivity index (χ0) is 23.1. The molecule has 0 unspecified atom stereocenters. The first kappa shape index (κ1) is 22.8. The average Bonchev–Trinajstić information content (AvgIpc) is 3.11. The van der Waals surface area contributed by atoms with Gasteiger partial charge in [-0.25, -0.2) is 4.79 Å². The highest BCUT2D eigenvalue weighted by molar-refractivity contribution is 6.03. The zero-order valence-corrected chi connectivity index (χ0v) is 17.6. The lowest BCUT2D eigenvalue weighted by Crippen LogP contribution is -2.31. The quantitative estimate of drug-likeness (QED) is 0.424. The van der Waals surface area contributed by atoms with Gasteiger partial charge in [0, 0.05) is 5.56 Å². The van der Waals surface area contributed by atoms with Crippen molar-refractivity contribution < 1.29 is 29.0 Å². The molecular weight excluding hydrogens is 414 g/mol. The van der Waals surface area contributed by atoms with Gasteiger partial charge in [0.25, 0.3) is 0 Å². The minimum atomic E-state index is -0.982. The Labute approximate surface area is 185 Å². The molecule has 0 saturated carbocycles. The number of carboxylic acid groups (broad SMARTS) is 1. The number of nitrogens with zero attached hydrogens (tertiary/aromatic N) is 1. The molecule has 0 aliphatic carbocycles. The van der Waals surface area contributed by atoms with Crippen LogP contribution in [0.2, 0.25) is 0 Å². The third-order valence-corrected chi connectivity index (χ3v) is 5.01. The van der Waals surface area contributed by atoms with Gasteiger partial charge >= 0.3 is 12.1 Å². The van der Waals surface area contributed by atoms with Crippen molar-refractivity contribution in [3.05, 3.63) is 54.1 Å². The van der Waals surface area contributed by atoms with E-state index in [2.05, 4.69) is 10.3 Å². The molecule has 1 aliphatic rings. The molecule has 2 aromatic carbocycles. The maximum Gasteiger partial charge on any atom is 0.435 e. The van der Waals surface area contributed by atoms with E-state index in [0.29, 0.717) is 17.7 Å². The Kier molecular flexibility index (Phi) is 7.43. The summed E-state index contributed by atoms with van der Waals surface area (Å²) >= 11 is 0. The SMILES string of the molecule is CCOC(=O)N=C(N)c1ccc(-c2ccc(OC[C@@H]3C[C@@H](CC(=O)O)C(=O)N3)cc2)cc1. The Bertz CT molecular complexity index is 1000. The minimum Gasteiger partial charge on any atom is -0.491 e. The van der Waals surface area contributed by atoms with Crippen LogP contribution in [0.4, 0.5) is 4.79 Å². The van der Waals surface area contributed by atoms with Crippen LogP contribution in [0.3, 0.4) is 0 Å². The molecule has 1 saturated heterocycles. The fourth-order valence-electron chi connectivity index (χ4n) is 3.42. The minimum absolute atomic E-state index is 0.0864. The number of rotatable bonds is 8. The maximum atomic E-state index is 11.8. The van der Waals surface area contributed by atoms with Crippen LogP contribution in [0, 0.1) is 5.92 Å². The molecule has 2 atom stereocenters. The molecule has 9 nitrogen and oxygen atoms in total. The van der Waals surface area contributed by atoms with Crippen molar-refractivity contribution in [1.29, 1.82) is 0 Å². The van der Waals surface area contributed by atoms with Gasteiger partial charge in [-0.1, -0.05) is 36.4 Å². The Morgan fingerprint density at radius 2 is 1.75 bits per heavy atom. The molecule has 0 spiro atoms. The summed E-state index contributed by atoms with van der Waals surface area (Å²) in [5.41, 5.74) is 8.36. The van der Waals surface area contributed by atoms with Crippen LogP contribution in [0.5, 0.6) is 5.75 Å². The highest BCUT2D eigenvalue weighted by Crippen LogP contribution is 2.24. The summed E-state index contributed by atoms with van der Waals surface area (Å²) in [5.74, 6) is -1.00. The number of amidine groups is 1. The Hall–Kier alpha value is -3.88. The van der Waals surface area contributed by atoms with Gasteiger partial charge in [0.05, 0.1) is 25.0 Å². The second kappa shape index (κ2) is 10.4. The number of ether oxygens (including phenoxy) is 2. The number of nitrogens with one attached hydrogen (secondary N) is 1. The van der Waals surface area contributed by atoms with Crippen molar-refractivity contribution in [2.24, 2.45) is 16.6 Å². The number of carboxylic acids is 1. The van der Waals surface area contributed by atoms with Crippen molar-refractivity contribution in [3.63, 3.8) is 0 Å². The number of hydrogen-bond acceptors (Lipinski definition) is 5. The summed E-state index contributed by atoms with van der Waals surface area (Å²) < 4.78 is 10.5. The first-order valence-electron chi connectivity index (χ1n) is 10.2. The summed E-state index contributed by atoms with van der Waals surface area (Å²) in [5, 5.41) is 11.6. The van der Waals surface area contributed by atoms with E-state index in [0.717, 1.165) is 11.1 Å². The van der Waals surface area contributed by atoms with Crippen LogP contribution in [-0.4, -0.2) is 48.2 Å². The number of aliphatic carboxylic acids is 1. The number of carbonyl (C=O) groups is 3. The smallest absolute Gasteiger partial charge is 0.435 e. The van der Waals surface area contributed by atoms with Crippen molar-refractivity contribution in [1.82, 2.24) is 5.32 Å². The molecule has 0 bridgehead atoms. The van der Waals surface area contributed by atoms with Crippen LogP contribution >= 0.6 is 0 Å². The van der Waals surface area contributed by atoms with Gasteiger partial charge in [0.15, 0.2) is 0 Å². The van der Waals surface area contributed by atoms with Crippen LogP contribution in [0.25, 0.3) is 11.1 Å². The second-order valence-electron chi connectivity index (χ2n) is 7.34. The molecule has 4 N–H and O–H groups in total. The van der Waals surface area contributed by atoms with Crippen LogP contribution in [-0.2, 0) is 14.3 Å². The number of carbonyl (C=O) groups excluding carboxylic acids is 2. The number of nitrogens with two attached hydrogens (primary N) is 1. The molecule has 0 aromatic heterocycles. The van der Waals surface area contributed by atoms with E-state index < -0.39 is 18.0 Å². The van der Waals surface area contributed by atoms with Gasteiger partial charge in [0.1, 0.15) is 18.2 Å². The molecule has 168 valence electrons. The van der Waals surface area contributed by atoms with Crippen molar-refractivity contribution in [2.45, 2.75) is 25.8 Å². The van der Waals surface area contributed by atoms with E-state index in [1.165, 1.54) is 0 Å². The summed E-state index contributed by atoms with van der Waals surface area (Å²) in [6.45, 7) is 2.20. The zero-order valence-electron chi connectivity index (χ0n) is 17.6. The lowest BCUT2D eigenvalue weighted by Gasteiger charge is -2.12. The molecule has 1 aliphatic heterocycles. The molecule has 1 fully saturated rings. The van der Waals surface area contributed by atoms with E-state index in [1.807, 2.05) is 36.4 Å². The molecule has 0 radical (unpaired) electrons. The summed E-state index contributed by atoms with van der Waals surface area (Å²) in [4.78, 5) is 37.7. The van der Waals surface area contributed by atoms with Crippen molar-refractivity contribution >= 4 is 23.8 Å².